The van der Waals surface area contributed by atoms with Gasteiger partial charge in [0.2, 0.25) is 7.55 Å². The Morgan fingerprint density at radius 3 is 2.20 bits per heavy atom. The average Bonchev–Trinajstić information content (AvgIpc) is 1.89. The highest BCUT2D eigenvalue weighted by Crippen LogP contribution is 2.18. The van der Waals surface area contributed by atoms with Crippen molar-refractivity contribution in [2.75, 3.05) is 6.54 Å². The van der Waals surface area contributed by atoms with Crippen LogP contribution in [0.5, 0.6) is 0 Å². The normalized spacial score (nSPS) is 16.8. The Morgan fingerprint density at radius 2 is 1.90 bits per heavy atom. The summed E-state index contributed by atoms with van der Waals surface area (Å²) in [4.78, 5) is 3.41. The quantitative estimate of drug-likeness (QED) is 0.506. The lowest BCUT2D eigenvalue weighted by Gasteiger charge is -2.22. The van der Waals surface area contributed by atoms with Crippen LogP contribution in [0.25, 0.3) is 0 Å². The van der Waals surface area contributed by atoms with Crippen molar-refractivity contribution in [2.24, 2.45) is 0 Å². The van der Waals surface area contributed by atoms with Gasteiger partial charge in [0.1, 0.15) is 0 Å². The summed E-state index contributed by atoms with van der Waals surface area (Å²) in [6.45, 7) is 7.51. The van der Waals surface area contributed by atoms with Gasteiger partial charge in [0, 0.05) is 0 Å². The lowest BCUT2D eigenvalue weighted by Crippen LogP contribution is -2.44. The van der Waals surface area contributed by atoms with Gasteiger partial charge in [-0.05, 0) is 18.6 Å². The van der Waals surface area contributed by atoms with Crippen molar-refractivity contribution in [1.82, 2.24) is 4.98 Å². The summed E-state index contributed by atoms with van der Waals surface area (Å²) in [7, 11) is -1.50. The van der Waals surface area contributed by atoms with Crippen LogP contribution < -0.4 is 4.98 Å². The summed E-state index contributed by atoms with van der Waals surface area (Å²) < 4.78 is 0. The van der Waals surface area contributed by atoms with Crippen molar-refractivity contribution >= 4 is 18.6 Å². The fourth-order valence-electron chi connectivity index (χ4n) is 1.10. The molecule has 10 heavy (non-hydrogen) atoms. The highest BCUT2D eigenvalue weighted by atomic mass is 35.6. The fraction of sp³-hybridized carbons (Fsp3) is 1.00. The Bertz CT molecular complexity index is 81.7. The number of rotatable bonds is 5. The third-order valence-corrected chi connectivity index (χ3v) is 6.87. The molecule has 0 aliphatic heterocycles. The summed E-state index contributed by atoms with van der Waals surface area (Å²) in [6, 6.07) is 2.33. The van der Waals surface area contributed by atoms with Gasteiger partial charge in [0.05, 0.1) is 0 Å². The molecule has 0 aromatic rings. The Morgan fingerprint density at radius 1 is 1.30 bits per heavy atom. The van der Waals surface area contributed by atoms with Crippen LogP contribution in [0.4, 0.5) is 0 Å². The van der Waals surface area contributed by atoms with E-state index in [4.69, 9.17) is 11.1 Å². The van der Waals surface area contributed by atoms with Crippen LogP contribution in [0.3, 0.4) is 0 Å². The molecule has 0 aliphatic rings. The van der Waals surface area contributed by atoms with E-state index in [9.17, 15) is 0 Å². The maximum atomic E-state index is 6.35. The van der Waals surface area contributed by atoms with Gasteiger partial charge in [-0.25, -0.2) is 0 Å². The molecule has 0 aromatic carbocycles. The maximum Gasteiger partial charge on any atom is 0.226 e. The maximum absolute atomic E-state index is 6.35. The Kier molecular flexibility index (Phi) is 5.40. The summed E-state index contributed by atoms with van der Waals surface area (Å²) in [5.41, 5.74) is 0. The van der Waals surface area contributed by atoms with Crippen LogP contribution in [0, 0.1) is 0 Å². The summed E-state index contributed by atoms with van der Waals surface area (Å²) >= 11 is 6.35. The first-order valence-electron chi connectivity index (χ1n) is 4.12. The third-order valence-electron chi connectivity index (χ3n) is 1.70. The Labute approximate surface area is 69.9 Å². The van der Waals surface area contributed by atoms with Crippen molar-refractivity contribution in [2.45, 2.75) is 39.3 Å². The zero-order valence-corrected chi connectivity index (χ0v) is 8.96. The number of halogens is 1. The van der Waals surface area contributed by atoms with Crippen molar-refractivity contribution in [3.63, 3.8) is 0 Å². The molecular formula is C7H18ClNSi. The molecule has 3 heteroatoms. The van der Waals surface area contributed by atoms with Crippen molar-refractivity contribution in [3.8, 4) is 0 Å². The van der Waals surface area contributed by atoms with Gasteiger partial charge < -0.3 is 4.98 Å². The molecule has 0 amide bonds. The molecule has 0 saturated carbocycles. The van der Waals surface area contributed by atoms with Crippen LogP contribution in [0.1, 0.15) is 27.2 Å². The average molecular weight is 180 g/mol. The van der Waals surface area contributed by atoms with Crippen LogP contribution in [-0.2, 0) is 0 Å². The van der Waals surface area contributed by atoms with Gasteiger partial charge in [0.15, 0.2) is 0 Å². The number of nitrogens with one attached hydrogen (secondary N) is 1. The molecule has 0 fully saturated rings. The minimum Gasteiger partial charge on any atom is -0.326 e. The molecule has 0 spiro atoms. The SMILES string of the molecule is CCC[Si](Cl)(CC)NCC. The first kappa shape index (κ1) is 10.5. The van der Waals surface area contributed by atoms with E-state index in [2.05, 4.69) is 25.8 Å². The second-order valence-corrected chi connectivity index (χ2v) is 8.26. The van der Waals surface area contributed by atoms with Crippen LogP contribution in [0.2, 0.25) is 12.1 Å². The van der Waals surface area contributed by atoms with Gasteiger partial charge in [-0.2, -0.15) is 0 Å². The zero-order chi connectivity index (χ0) is 8.04. The molecule has 0 rings (SSSR count). The molecule has 1 nitrogen and oxygen atoms in total. The largest absolute Gasteiger partial charge is 0.326 e. The van der Waals surface area contributed by atoms with Crippen LogP contribution in [0.15, 0.2) is 0 Å². The standard InChI is InChI=1S/C7H18ClNSi/c1-4-7-10(8,6-3)9-5-2/h9H,4-7H2,1-3H3. The highest BCUT2D eigenvalue weighted by Gasteiger charge is 2.25. The molecule has 0 aromatic heterocycles. The molecule has 62 valence electrons. The second kappa shape index (κ2) is 5.16. The van der Waals surface area contributed by atoms with Gasteiger partial charge in [-0.15, -0.1) is 11.1 Å². The van der Waals surface area contributed by atoms with E-state index < -0.39 is 7.55 Å². The zero-order valence-electron chi connectivity index (χ0n) is 7.21. The predicted molar refractivity (Wildman–Crippen MR) is 50.9 cm³/mol. The monoisotopic (exact) mass is 179 g/mol. The smallest absolute Gasteiger partial charge is 0.226 e. The summed E-state index contributed by atoms with van der Waals surface area (Å²) in [5.74, 6) is 0. The molecule has 0 bridgehead atoms. The topological polar surface area (TPSA) is 12.0 Å². The number of hydrogen-bond acceptors (Lipinski definition) is 1. The summed E-state index contributed by atoms with van der Waals surface area (Å²) in [6.07, 6.45) is 1.20. The first-order chi connectivity index (χ1) is 4.68. The van der Waals surface area contributed by atoms with E-state index in [1.807, 2.05) is 0 Å². The molecule has 1 unspecified atom stereocenters. The molecule has 0 aliphatic carbocycles. The number of hydrogen-bond donors (Lipinski definition) is 1. The minimum absolute atomic E-state index is 1.02. The van der Waals surface area contributed by atoms with E-state index in [1.165, 1.54) is 12.5 Å². The highest BCUT2D eigenvalue weighted by molar-refractivity contribution is 7.18. The van der Waals surface area contributed by atoms with Gasteiger partial charge in [-0.1, -0.05) is 27.2 Å². The lowest BCUT2D eigenvalue weighted by atomic mass is 10.6. The molecule has 1 N–H and O–H groups in total. The van der Waals surface area contributed by atoms with Crippen LogP contribution in [-0.4, -0.2) is 14.1 Å². The van der Waals surface area contributed by atoms with E-state index in [0.717, 1.165) is 12.6 Å². The fourth-order valence-corrected chi connectivity index (χ4v) is 4.28. The molecule has 0 saturated heterocycles. The molecule has 0 heterocycles. The summed E-state index contributed by atoms with van der Waals surface area (Å²) in [5, 5.41) is 0. The molecule has 1 atom stereocenters. The first-order valence-corrected chi connectivity index (χ1v) is 7.55. The van der Waals surface area contributed by atoms with Crippen molar-refractivity contribution in [3.05, 3.63) is 0 Å². The van der Waals surface area contributed by atoms with Gasteiger partial charge in [0.25, 0.3) is 0 Å². The van der Waals surface area contributed by atoms with Crippen LogP contribution >= 0.6 is 11.1 Å². The molecular weight excluding hydrogens is 162 g/mol. The van der Waals surface area contributed by atoms with E-state index in [1.54, 1.807) is 0 Å². The third kappa shape index (κ3) is 3.59. The van der Waals surface area contributed by atoms with Crippen molar-refractivity contribution < 1.29 is 0 Å². The van der Waals surface area contributed by atoms with E-state index in [0.29, 0.717) is 0 Å². The van der Waals surface area contributed by atoms with Gasteiger partial charge >= 0.3 is 0 Å². The second-order valence-electron chi connectivity index (χ2n) is 2.60. The van der Waals surface area contributed by atoms with E-state index >= 15 is 0 Å². The lowest BCUT2D eigenvalue weighted by molar-refractivity contribution is 0.921. The van der Waals surface area contributed by atoms with Crippen molar-refractivity contribution in [1.29, 1.82) is 0 Å². The van der Waals surface area contributed by atoms with Gasteiger partial charge in [-0.3, -0.25) is 0 Å². The van der Waals surface area contributed by atoms with E-state index in [-0.39, 0.29) is 0 Å². The minimum atomic E-state index is -1.50. The molecule has 0 radical (unpaired) electrons. The predicted octanol–water partition coefficient (Wildman–Crippen LogP) is 2.71. The Balaban J connectivity index is 3.69. The Hall–Kier alpha value is 0.467.